The molecule has 1 heterocycles. The maximum absolute atomic E-state index is 10.3. The molecular formula is C23H26Cl3N3O2. The van der Waals surface area contributed by atoms with Crippen LogP contribution in [0.4, 0.5) is 0 Å². The number of β-amino-alcohol motifs (C(OH)–C–C–N with tert-alkyl or cyclic N) is 1. The van der Waals surface area contributed by atoms with Crippen LogP contribution in [-0.4, -0.2) is 34.9 Å². The summed E-state index contributed by atoms with van der Waals surface area (Å²) in [5.41, 5.74) is 2.15. The van der Waals surface area contributed by atoms with Crippen molar-refractivity contribution in [1.82, 2.24) is 10.3 Å². The number of fused-ring (bicyclic) bond motifs is 1. The Balaban J connectivity index is 0.00000240. The van der Waals surface area contributed by atoms with Gasteiger partial charge in [-0.05, 0) is 50.1 Å². The summed E-state index contributed by atoms with van der Waals surface area (Å²) in [5.74, 6) is 0.376. The van der Waals surface area contributed by atoms with Gasteiger partial charge in [-0.2, -0.15) is 5.26 Å². The standard InChI is InChI=1S/C23H24ClN3O2.2ClH/c1-23(2,11-16-10-17-6-3-4-8-21(17)26-13-16)27-14-18(28)15-29-22-9-5-7-20(24)19(22)12-25;;/h3-10,13,18,27-28H,11,14-15H2,1-2H3;2*1H/t18-;;/m1../s1. The Labute approximate surface area is 200 Å². The number of rotatable bonds is 8. The van der Waals surface area contributed by atoms with Crippen LogP contribution in [0, 0.1) is 11.3 Å². The van der Waals surface area contributed by atoms with E-state index in [2.05, 4.69) is 36.3 Å². The van der Waals surface area contributed by atoms with Crippen LogP contribution >= 0.6 is 36.4 Å². The molecule has 0 aliphatic rings. The lowest BCUT2D eigenvalue weighted by atomic mass is 9.95. The minimum Gasteiger partial charge on any atom is -0.489 e. The van der Waals surface area contributed by atoms with Gasteiger partial charge in [-0.15, -0.1) is 24.8 Å². The van der Waals surface area contributed by atoms with Crippen molar-refractivity contribution >= 4 is 47.3 Å². The minimum absolute atomic E-state index is 0. The summed E-state index contributed by atoms with van der Waals surface area (Å²) in [4.78, 5) is 4.51. The molecule has 3 rings (SSSR count). The molecule has 2 N–H and O–H groups in total. The molecule has 0 saturated carbocycles. The fourth-order valence-corrected chi connectivity index (χ4v) is 3.37. The second kappa shape index (κ2) is 12.1. The number of halogens is 3. The van der Waals surface area contributed by atoms with E-state index in [0.29, 0.717) is 17.3 Å². The average molecular weight is 483 g/mol. The van der Waals surface area contributed by atoms with Gasteiger partial charge in [0, 0.05) is 23.7 Å². The van der Waals surface area contributed by atoms with Gasteiger partial charge in [-0.3, -0.25) is 4.98 Å². The van der Waals surface area contributed by atoms with E-state index >= 15 is 0 Å². The maximum atomic E-state index is 10.3. The first-order chi connectivity index (χ1) is 13.9. The van der Waals surface area contributed by atoms with Crippen molar-refractivity contribution in [2.75, 3.05) is 13.2 Å². The summed E-state index contributed by atoms with van der Waals surface area (Å²) < 4.78 is 5.60. The molecule has 8 heteroatoms. The molecule has 3 aromatic rings. The number of para-hydroxylation sites is 1. The summed E-state index contributed by atoms with van der Waals surface area (Å²) in [6.07, 6.45) is 1.94. The summed E-state index contributed by atoms with van der Waals surface area (Å²) >= 11 is 6.00. The summed E-state index contributed by atoms with van der Waals surface area (Å²) in [6, 6.07) is 17.2. The predicted molar refractivity (Wildman–Crippen MR) is 130 cm³/mol. The number of hydrogen-bond donors (Lipinski definition) is 2. The second-order valence-corrected chi connectivity index (χ2v) is 8.07. The number of hydrogen-bond acceptors (Lipinski definition) is 5. The molecule has 0 unspecified atom stereocenters. The number of nitrogens with zero attached hydrogens (tertiary/aromatic N) is 2. The predicted octanol–water partition coefficient (Wildman–Crippen LogP) is 4.95. The minimum atomic E-state index is -0.727. The topological polar surface area (TPSA) is 78.2 Å². The SMILES string of the molecule is CC(C)(Cc1cnc2ccccc2c1)NC[C@@H](O)COc1cccc(Cl)c1C#N.Cl.Cl. The van der Waals surface area contributed by atoms with Gasteiger partial charge in [-0.25, -0.2) is 0 Å². The number of nitrogens with one attached hydrogen (secondary N) is 1. The fourth-order valence-electron chi connectivity index (χ4n) is 3.16. The number of pyridine rings is 1. The Morgan fingerprint density at radius 2 is 1.94 bits per heavy atom. The van der Waals surface area contributed by atoms with E-state index in [1.807, 2.05) is 30.5 Å². The molecular weight excluding hydrogens is 457 g/mol. The van der Waals surface area contributed by atoms with E-state index in [9.17, 15) is 10.4 Å². The zero-order chi connectivity index (χ0) is 20.9. The Bertz CT molecular complexity index is 1040. The Morgan fingerprint density at radius 1 is 1.19 bits per heavy atom. The van der Waals surface area contributed by atoms with E-state index in [1.54, 1.807) is 18.2 Å². The van der Waals surface area contributed by atoms with E-state index in [0.717, 1.165) is 22.9 Å². The van der Waals surface area contributed by atoms with Gasteiger partial charge in [0.2, 0.25) is 0 Å². The molecule has 0 aliphatic carbocycles. The highest BCUT2D eigenvalue weighted by Gasteiger charge is 2.20. The van der Waals surface area contributed by atoms with Gasteiger partial charge < -0.3 is 15.2 Å². The van der Waals surface area contributed by atoms with Crippen molar-refractivity contribution in [3.05, 3.63) is 70.9 Å². The number of aliphatic hydroxyl groups excluding tert-OH is 1. The molecule has 1 atom stereocenters. The first-order valence-corrected chi connectivity index (χ1v) is 9.84. The van der Waals surface area contributed by atoms with Crippen LogP contribution in [-0.2, 0) is 6.42 Å². The smallest absolute Gasteiger partial charge is 0.138 e. The Kier molecular flexibility index (Phi) is 10.5. The third-order valence-corrected chi connectivity index (χ3v) is 4.94. The van der Waals surface area contributed by atoms with Crippen molar-refractivity contribution in [3.63, 3.8) is 0 Å². The van der Waals surface area contributed by atoms with Crippen LogP contribution in [0.1, 0.15) is 25.0 Å². The quantitative estimate of drug-likeness (QED) is 0.475. The molecule has 1 aromatic heterocycles. The molecule has 2 aromatic carbocycles. The van der Waals surface area contributed by atoms with E-state index in [1.165, 1.54) is 0 Å². The van der Waals surface area contributed by atoms with Crippen LogP contribution in [0.25, 0.3) is 10.9 Å². The molecule has 0 bridgehead atoms. The lowest BCUT2D eigenvalue weighted by molar-refractivity contribution is 0.0987. The Hall–Kier alpha value is -2.07. The van der Waals surface area contributed by atoms with Crippen molar-refractivity contribution in [2.24, 2.45) is 0 Å². The lowest BCUT2D eigenvalue weighted by Crippen LogP contribution is -2.46. The number of nitriles is 1. The van der Waals surface area contributed by atoms with Gasteiger partial charge in [0.05, 0.1) is 10.5 Å². The maximum Gasteiger partial charge on any atom is 0.138 e. The van der Waals surface area contributed by atoms with Crippen LogP contribution in [0.3, 0.4) is 0 Å². The zero-order valence-electron chi connectivity index (χ0n) is 17.3. The van der Waals surface area contributed by atoms with Crippen LogP contribution < -0.4 is 10.1 Å². The first-order valence-electron chi connectivity index (χ1n) is 9.46. The van der Waals surface area contributed by atoms with Gasteiger partial charge in [0.15, 0.2) is 0 Å². The monoisotopic (exact) mass is 481 g/mol. The number of ether oxygens (including phenoxy) is 1. The number of aromatic nitrogens is 1. The van der Waals surface area contributed by atoms with Crippen molar-refractivity contribution in [3.8, 4) is 11.8 Å². The van der Waals surface area contributed by atoms with Gasteiger partial charge in [-0.1, -0.05) is 35.9 Å². The molecule has 0 spiro atoms. The second-order valence-electron chi connectivity index (χ2n) is 7.67. The highest BCUT2D eigenvalue weighted by Crippen LogP contribution is 2.25. The van der Waals surface area contributed by atoms with Crippen molar-refractivity contribution < 1.29 is 9.84 Å². The van der Waals surface area contributed by atoms with Gasteiger partial charge in [0.25, 0.3) is 0 Å². The third-order valence-electron chi connectivity index (χ3n) is 4.63. The van der Waals surface area contributed by atoms with E-state index < -0.39 is 6.10 Å². The molecule has 0 fully saturated rings. The average Bonchev–Trinajstić information content (AvgIpc) is 2.70. The van der Waals surface area contributed by atoms with Gasteiger partial charge >= 0.3 is 0 Å². The first kappa shape index (κ1) is 27.0. The summed E-state index contributed by atoms with van der Waals surface area (Å²) in [6.45, 7) is 4.59. The normalized spacial score (nSPS) is 11.7. The molecule has 166 valence electrons. The third kappa shape index (κ3) is 7.53. The molecule has 0 amide bonds. The van der Waals surface area contributed by atoms with Crippen LogP contribution in [0.15, 0.2) is 54.7 Å². The molecule has 0 radical (unpaired) electrons. The van der Waals surface area contributed by atoms with Crippen molar-refractivity contribution in [2.45, 2.75) is 31.9 Å². The zero-order valence-corrected chi connectivity index (χ0v) is 19.7. The van der Waals surface area contributed by atoms with Crippen molar-refractivity contribution in [1.29, 1.82) is 5.26 Å². The molecule has 0 aliphatic heterocycles. The summed E-state index contributed by atoms with van der Waals surface area (Å²) in [7, 11) is 0. The number of aliphatic hydroxyl groups is 1. The lowest BCUT2D eigenvalue weighted by Gasteiger charge is -2.28. The largest absolute Gasteiger partial charge is 0.489 e. The Morgan fingerprint density at radius 3 is 2.68 bits per heavy atom. The van der Waals surface area contributed by atoms with E-state index in [4.69, 9.17) is 16.3 Å². The highest BCUT2D eigenvalue weighted by molar-refractivity contribution is 6.31. The molecule has 31 heavy (non-hydrogen) atoms. The fraction of sp³-hybridized carbons (Fsp3) is 0.304. The van der Waals surface area contributed by atoms with Crippen LogP contribution in [0.2, 0.25) is 5.02 Å². The van der Waals surface area contributed by atoms with Gasteiger partial charge in [0.1, 0.15) is 30.1 Å². The highest BCUT2D eigenvalue weighted by atomic mass is 35.5. The summed E-state index contributed by atoms with van der Waals surface area (Å²) in [5, 5.41) is 24.3. The molecule has 0 saturated heterocycles. The molecule has 5 nitrogen and oxygen atoms in total. The number of benzene rings is 2. The van der Waals surface area contributed by atoms with Crippen LogP contribution in [0.5, 0.6) is 5.75 Å². The van der Waals surface area contributed by atoms with E-state index in [-0.39, 0.29) is 42.5 Å².